The van der Waals surface area contributed by atoms with Gasteiger partial charge < -0.3 is 16.0 Å². The van der Waals surface area contributed by atoms with Gasteiger partial charge in [-0.3, -0.25) is 0 Å². The minimum atomic E-state index is 0.251. The van der Waals surface area contributed by atoms with Gasteiger partial charge in [0.1, 0.15) is 13.1 Å². The van der Waals surface area contributed by atoms with Gasteiger partial charge >= 0.3 is 0 Å². The van der Waals surface area contributed by atoms with E-state index in [0.717, 1.165) is 37.6 Å². The monoisotopic (exact) mass is 347 g/mol. The van der Waals surface area contributed by atoms with Crippen LogP contribution in [0.5, 0.6) is 0 Å². The van der Waals surface area contributed by atoms with E-state index in [4.69, 9.17) is 5.73 Å². The molecule has 0 bridgehead atoms. The minimum Gasteiger partial charge on any atom is -0.368 e. The molecule has 26 heavy (non-hydrogen) atoms. The van der Waals surface area contributed by atoms with Gasteiger partial charge in [-0.25, -0.2) is 0 Å². The second-order valence-corrected chi connectivity index (χ2v) is 6.80. The molecule has 2 aromatic carbocycles. The first-order valence-electron chi connectivity index (χ1n) is 8.90. The second-order valence-electron chi connectivity index (χ2n) is 6.80. The highest BCUT2D eigenvalue weighted by Gasteiger charge is 2.20. The third kappa shape index (κ3) is 3.81. The standard InChI is InChI=1S/C20H22N6/c1-14-6-8-17(9-7-14)22-20-24-18(23-19(21)25-20)13-26-11-10-15-4-2-3-5-16(15)12-26/h2-9H,10-13H2,1H3,(H3,21,22,23,24,25)/p+1. The lowest BCUT2D eigenvalue weighted by atomic mass is 10.00. The fraction of sp³-hybridized carbons (Fsp3) is 0.250. The van der Waals surface area contributed by atoms with Crippen molar-refractivity contribution in [2.24, 2.45) is 0 Å². The van der Waals surface area contributed by atoms with E-state index in [1.165, 1.54) is 21.6 Å². The Kier molecular flexibility index (Phi) is 4.50. The van der Waals surface area contributed by atoms with Crippen LogP contribution in [0.25, 0.3) is 0 Å². The maximum absolute atomic E-state index is 5.91. The van der Waals surface area contributed by atoms with E-state index in [0.29, 0.717) is 5.95 Å². The number of nitrogen functional groups attached to an aromatic ring is 1. The summed E-state index contributed by atoms with van der Waals surface area (Å²) in [7, 11) is 0. The van der Waals surface area contributed by atoms with Gasteiger partial charge in [-0.1, -0.05) is 42.0 Å². The lowest BCUT2D eigenvalue weighted by molar-refractivity contribution is -0.930. The van der Waals surface area contributed by atoms with Gasteiger partial charge in [0.05, 0.1) is 6.54 Å². The maximum Gasteiger partial charge on any atom is 0.232 e. The predicted molar refractivity (Wildman–Crippen MR) is 102 cm³/mol. The van der Waals surface area contributed by atoms with Crippen molar-refractivity contribution in [2.75, 3.05) is 17.6 Å². The van der Waals surface area contributed by atoms with Gasteiger partial charge in [-0.2, -0.15) is 15.0 Å². The molecule has 2 heterocycles. The molecule has 1 aliphatic heterocycles. The van der Waals surface area contributed by atoms with Gasteiger partial charge in [-0.05, 0) is 24.6 Å². The summed E-state index contributed by atoms with van der Waals surface area (Å²) < 4.78 is 0. The fourth-order valence-electron chi connectivity index (χ4n) is 3.36. The fourth-order valence-corrected chi connectivity index (χ4v) is 3.36. The van der Waals surface area contributed by atoms with Crippen LogP contribution < -0.4 is 16.0 Å². The molecule has 4 N–H and O–H groups in total. The van der Waals surface area contributed by atoms with E-state index in [1.807, 2.05) is 24.3 Å². The zero-order valence-corrected chi connectivity index (χ0v) is 14.9. The summed E-state index contributed by atoms with van der Waals surface area (Å²) in [6.07, 6.45) is 1.08. The van der Waals surface area contributed by atoms with Crippen molar-refractivity contribution < 1.29 is 4.90 Å². The molecule has 0 aliphatic carbocycles. The molecule has 1 atom stereocenters. The van der Waals surface area contributed by atoms with E-state index < -0.39 is 0 Å². The first-order valence-corrected chi connectivity index (χ1v) is 8.90. The summed E-state index contributed by atoms with van der Waals surface area (Å²) in [6.45, 7) is 4.86. The smallest absolute Gasteiger partial charge is 0.232 e. The Labute approximate surface area is 153 Å². The quantitative estimate of drug-likeness (QED) is 0.669. The van der Waals surface area contributed by atoms with Crippen molar-refractivity contribution in [1.29, 1.82) is 0 Å². The van der Waals surface area contributed by atoms with Crippen molar-refractivity contribution in [2.45, 2.75) is 26.4 Å². The van der Waals surface area contributed by atoms with Gasteiger partial charge in [-0.15, -0.1) is 0 Å². The molecule has 1 aliphatic rings. The topological polar surface area (TPSA) is 81.2 Å². The van der Waals surface area contributed by atoms with Crippen LogP contribution in [0.4, 0.5) is 17.6 Å². The third-order valence-electron chi connectivity index (χ3n) is 4.72. The Morgan fingerprint density at radius 3 is 2.58 bits per heavy atom. The third-order valence-corrected chi connectivity index (χ3v) is 4.72. The molecule has 0 saturated heterocycles. The van der Waals surface area contributed by atoms with Crippen LogP contribution in [0, 0.1) is 6.92 Å². The highest BCUT2D eigenvalue weighted by molar-refractivity contribution is 5.54. The second kappa shape index (κ2) is 7.09. The molecule has 132 valence electrons. The molecular weight excluding hydrogens is 324 g/mol. The molecule has 4 rings (SSSR count). The molecule has 0 radical (unpaired) electrons. The maximum atomic E-state index is 5.91. The zero-order valence-electron chi connectivity index (χ0n) is 14.9. The number of hydrogen-bond donors (Lipinski definition) is 3. The molecule has 6 heteroatoms. The number of hydrogen-bond acceptors (Lipinski definition) is 5. The molecule has 6 nitrogen and oxygen atoms in total. The molecule has 0 spiro atoms. The Balaban J connectivity index is 1.49. The summed E-state index contributed by atoms with van der Waals surface area (Å²) in [6, 6.07) is 16.7. The van der Waals surface area contributed by atoms with E-state index in [9.17, 15) is 0 Å². The summed E-state index contributed by atoms with van der Waals surface area (Å²) in [4.78, 5) is 14.6. The zero-order chi connectivity index (χ0) is 17.9. The summed E-state index contributed by atoms with van der Waals surface area (Å²) >= 11 is 0. The van der Waals surface area contributed by atoms with Gasteiger partial charge in [0.2, 0.25) is 11.9 Å². The Morgan fingerprint density at radius 2 is 1.77 bits per heavy atom. The van der Waals surface area contributed by atoms with Gasteiger partial charge in [0, 0.05) is 17.7 Å². The molecule has 3 aromatic rings. The van der Waals surface area contributed by atoms with Crippen molar-refractivity contribution >= 4 is 17.6 Å². The van der Waals surface area contributed by atoms with E-state index in [-0.39, 0.29) is 5.95 Å². The highest BCUT2D eigenvalue weighted by atomic mass is 15.2. The largest absolute Gasteiger partial charge is 0.368 e. The van der Waals surface area contributed by atoms with E-state index in [1.54, 1.807) is 0 Å². The van der Waals surface area contributed by atoms with Crippen molar-refractivity contribution in [3.8, 4) is 0 Å². The first-order chi connectivity index (χ1) is 12.7. The number of aromatic nitrogens is 3. The van der Waals surface area contributed by atoms with Crippen LogP contribution in [-0.4, -0.2) is 21.5 Å². The number of anilines is 3. The normalized spacial score (nSPS) is 16.1. The van der Waals surface area contributed by atoms with Crippen LogP contribution >= 0.6 is 0 Å². The van der Waals surface area contributed by atoms with Crippen molar-refractivity contribution in [1.82, 2.24) is 15.0 Å². The lowest BCUT2D eigenvalue weighted by Crippen LogP contribution is -3.10. The van der Waals surface area contributed by atoms with Crippen LogP contribution in [0.3, 0.4) is 0 Å². The van der Waals surface area contributed by atoms with Gasteiger partial charge in [0.25, 0.3) is 0 Å². The number of nitrogens with zero attached hydrogens (tertiary/aromatic N) is 3. The average molecular weight is 347 g/mol. The summed E-state index contributed by atoms with van der Waals surface area (Å²) in [5.41, 5.74) is 10.9. The number of aryl methyl sites for hydroxylation is 1. The first kappa shape index (κ1) is 16.5. The van der Waals surface area contributed by atoms with Crippen molar-refractivity contribution in [3.63, 3.8) is 0 Å². The van der Waals surface area contributed by atoms with Crippen LogP contribution in [0.15, 0.2) is 48.5 Å². The Morgan fingerprint density at radius 1 is 1.00 bits per heavy atom. The van der Waals surface area contributed by atoms with Crippen LogP contribution in [-0.2, 0) is 19.5 Å². The van der Waals surface area contributed by atoms with E-state index >= 15 is 0 Å². The summed E-state index contributed by atoms with van der Waals surface area (Å²) in [5, 5.41) is 3.21. The van der Waals surface area contributed by atoms with E-state index in [2.05, 4.69) is 51.5 Å². The van der Waals surface area contributed by atoms with Gasteiger partial charge in [0.15, 0.2) is 5.82 Å². The number of rotatable bonds is 4. The number of nitrogens with two attached hydrogens (primary N) is 1. The van der Waals surface area contributed by atoms with Crippen LogP contribution in [0.2, 0.25) is 0 Å². The highest BCUT2D eigenvalue weighted by Crippen LogP contribution is 2.14. The minimum absolute atomic E-state index is 0.251. The Hall–Kier alpha value is -2.99. The lowest BCUT2D eigenvalue weighted by Gasteiger charge is -2.25. The number of benzene rings is 2. The average Bonchev–Trinajstić information content (AvgIpc) is 2.63. The molecule has 1 aromatic heterocycles. The Bertz CT molecular complexity index is 906. The number of fused-ring (bicyclic) bond motifs is 1. The molecule has 0 saturated carbocycles. The molecule has 0 amide bonds. The van der Waals surface area contributed by atoms with Crippen molar-refractivity contribution in [3.05, 3.63) is 71.0 Å². The van der Waals surface area contributed by atoms with Crippen LogP contribution in [0.1, 0.15) is 22.5 Å². The SMILES string of the molecule is Cc1ccc(Nc2nc(N)nc(C[NH+]3CCc4ccccc4C3)n2)cc1. The molecule has 1 unspecified atom stereocenters. The molecular formula is C20H23N6+. The number of nitrogens with one attached hydrogen (secondary N) is 2. The molecule has 0 fully saturated rings. The summed E-state index contributed by atoms with van der Waals surface area (Å²) in [5.74, 6) is 1.47. The predicted octanol–water partition coefficient (Wildman–Crippen LogP) is 1.65. The number of quaternary nitrogens is 1.